The molecule has 0 radical (unpaired) electrons. The summed E-state index contributed by atoms with van der Waals surface area (Å²) in [5.41, 5.74) is 0. The molecule has 48 valence electrons. The topological polar surface area (TPSA) is 17.1 Å². The summed E-state index contributed by atoms with van der Waals surface area (Å²) in [6, 6.07) is 0. The molecule has 0 heterocycles. The van der Waals surface area contributed by atoms with Crippen molar-refractivity contribution in [3.05, 3.63) is 0 Å². The van der Waals surface area contributed by atoms with Crippen molar-refractivity contribution in [1.82, 2.24) is 0 Å². The van der Waals surface area contributed by atoms with E-state index in [-0.39, 0.29) is 0 Å². The van der Waals surface area contributed by atoms with Gasteiger partial charge < -0.3 is 0 Å². The van der Waals surface area contributed by atoms with Gasteiger partial charge in [0.25, 0.3) is 0 Å². The van der Waals surface area contributed by atoms with Crippen LogP contribution in [0.25, 0.3) is 0 Å². The smallest absolute Gasteiger partial charge is 0.0654 e. The predicted molar refractivity (Wildman–Crippen MR) is 41.0 cm³/mol. The van der Waals surface area contributed by atoms with E-state index in [1.807, 2.05) is 0 Å². The van der Waals surface area contributed by atoms with Crippen LogP contribution >= 0.6 is 19.3 Å². The maximum atomic E-state index is 10.3. The van der Waals surface area contributed by atoms with Crippen LogP contribution in [0.3, 0.4) is 0 Å². The lowest BCUT2D eigenvalue weighted by molar-refractivity contribution is 0.594. The Kier molecular flexibility index (Phi) is 5.90. The maximum Gasteiger partial charge on any atom is 0.407 e. The molecule has 0 aliphatic carbocycles. The van der Waals surface area contributed by atoms with E-state index >= 15 is 0 Å². The van der Waals surface area contributed by atoms with Gasteiger partial charge in [0.2, 0.25) is 0 Å². The van der Waals surface area contributed by atoms with Gasteiger partial charge in [0.05, 0.1) is 0 Å². The van der Waals surface area contributed by atoms with Crippen LogP contribution in [0.1, 0.15) is 26.2 Å². The van der Waals surface area contributed by atoms with Crippen molar-refractivity contribution in [2.24, 2.45) is 0 Å². The molecular weight excluding hydrogens is 139 g/mol. The van der Waals surface area contributed by atoms with Crippen LogP contribution in [0.4, 0.5) is 0 Å². The Labute approximate surface area is 56.8 Å². The Morgan fingerprint density at radius 3 is 2.50 bits per heavy atom. The van der Waals surface area contributed by atoms with Gasteiger partial charge in [0.1, 0.15) is 12.2 Å². The van der Waals surface area contributed by atoms with Gasteiger partial charge >= 0.3 is 7.00 Å². The van der Waals surface area contributed by atoms with Gasteiger partial charge in [-0.15, -0.1) is 0 Å². The van der Waals surface area contributed by atoms with Crippen LogP contribution in [0.15, 0.2) is 0 Å². The van der Waals surface area contributed by atoms with Gasteiger partial charge in [0.15, 0.2) is 6.16 Å². The Morgan fingerprint density at radius 1 is 1.50 bits per heavy atom. The molecule has 0 fully saturated rings. The molecule has 0 rings (SSSR count). The van der Waals surface area contributed by atoms with Crippen LogP contribution in [-0.4, -0.2) is 6.16 Å². The SMILES string of the molecule is CCCCC[P+](=O)S. The molecule has 0 N–H and O–H groups in total. The van der Waals surface area contributed by atoms with E-state index in [9.17, 15) is 4.57 Å². The first kappa shape index (κ1) is 8.45. The normalized spacial score (nSPS) is 11.5. The minimum atomic E-state index is -1.17. The number of unbranched alkanes of at least 4 members (excludes halogenated alkanes) is 2. The van der Waals surface area contributed by atoms with Crippen molar-refractivity contribution < 1.29 is 4.57 Å². The second kappa shape index (κ2) is 5.58. The highest BCUT2D eigenvalue weighted by Gasteiger charge is 2.04. The van der Waals surface area contributed by atoms with Crippen molar-refractivity contribution in [1.29, 1.82) is 0 Å². The van der Waals surface area contributed by atoms with Crippen molar-refractivity contribution in [2.45, 2.75) is 26.2 Å². The van der Waals surface area contributed by atoms with Crippen LogP contribution in [0.5, 0.6) is 0 Å². The lowest BCUT2D eigenvalue weighted by Gasteiger charge is -1.83. The molecule has 8 heavy (non-hydrogen) atoms. The fourth-order valence-electron chi connectivity index (χ4n) is 0.497. The largest absolute Gasteiger partial charge is 0.407 e. The molecule has 0 amide bonds. The molecule has 0 aliphatic rings. The van der Waals surface area contributed by atoms with Crippen LogP contribution in [0.2, 0.25) is 0 Å². The maximum absolute atomic E-state index is 10.3. The Hall–Kier alpha value is 0.450. The number of hydrogen-bond acceptors (Lipinski definition) is 1. The van der Waals surface area contributed by atoms with E-state index in [1.165, 1.54) is 12.8 Å². The zero-order valence-electron chi connectivity index (χ0n) is 5.13. The average Bonchev–Trinajstić information content (AvgIpc) is 1.66. The lowest BCUT2D eigenvalue weighted by atomic mass is 10.3. The highest BCUT2D eigenvalue weighted by atomic mass is 32.7. The molecule has 3 heteroatoms. The fourth-order valence-corrected chi connectivity index (χ4v) is 1.42. The summed E-state index contributed by atoms with van der Waals surface area (Å²) >= 11 is 3.78. The van der Waals surface area contributed by atoms with E-state index in [4.69, 9.17) is 0 Å². The third kappa shape index (κ3) is 6.45. The Bertz CT molecular complexity index is 74.8. The second-order valence-corrected chi connectivity index (χ2v) is 4.27. The molecule has 1 atom stereocenters. The molecule has 1 unspecified atom stereocenters. The molecule has 0 bridgehead atoms. The zero-order chi connectivity index (χ0) is 6.41. The monoisotopic (exact) mass is 151 g/mol. The molecule has 1 nitrogen and oxygen atoms in total. The van der Waals surface area contributed by atoms with Crippen molar-refractivity contribution in [2.75, 3.05) is 6.16 Å². The van der Waals surface area contributed by atoms with Crippen molar-refractivity contribution in [3.63, 3.8) is 0 Å². The summed E-state index contributed by atoms with van der Waals surface area (Å²) in [6.45, 7) is 2.13. The standard InChI is InChI=1S/C5H11OPS/c1-2-3-4-5-7(6)8/h2-5H2,1H3/p+1. The Morgan fingerprint density at radius 2 is 2.12 bits per heavy atom. The third-order valence-corrected chi connectivity index (χ3v) is 2.25. The number of rotatable bonds is 4. The molecule has 0 aromatic rings. The van der Waals surface area contributed by atoms with Gasteiger partial charge in [-0.1, -0.05) is 17.9 Å². The average molecular weight is 151 g/mol. The van der Waals surface area contributed by atoms with Gasteiger partial charge in [-0.2, -0.15) is 0 Å². The van der Waals surface area contributed by atoms with Crippen molar-refractivity contribution >= 4 is 19.3 Å². The third-order valence-electron chi connectivity index (χ3n) is 0.953. The zero-order valence-corrected chi connectivity index (χ0v) is 6.92. The minimum absolute atomic E-state index is 0.784. The fraction of sp³-hybridized carbons (Fsp3) is 1.00. The number of thiol groups is 1. The molecule has 0 saturated heterocycles. The van der Waals surface area contributed by atoms with Crippen LogP contribution in [-0.2, 0) is 4.57 Å². The lowest BCUT2D eigenvalue weighted by Crippen LogP contribution is -1.74. The Balaban J connectivity index is 2.82. The van der Waals surface area contributed by atoms with Gasteiger partial charge in [-0.3, -0.25) is 0 Å². The first-order valence-electron chi connectivity index (χ1n) is 2.91. The molecular formula is C5H12OPS+. The molecule has 0 spiro atoms. The van der Waals surface area contributed by atoms with Gasteiger partial charge in [-0.05, 0) is 12.8 Å². The van der Waals surface area contributed by atoms with E-state index in [0.717, 1.165) is 12.6 Å². The van der Waals surface area contributed by atoms with Gasteiger partial charge in [0, 0.05) is 0 Å². The van der Waals surface area contributed by atoms with E-state index in [2.05, 4.69) is 19.2 Å². The summed E-state index contributed by atoms with van der Waals surface area (Å²) in [4.78, 5) is 0. The minimum Gasteiger partial charge on any atom is -0.0654 e. The molecule has 0 aliphatic heterocycles. The summed E-state index contributed by atoms with van der Waals surface area (Å²) in [5, 5.41) is 0. The highest BCUT2D eigenvalue weighted by molar-refractivity contribution is 8.40. The van der Waals surface area contributed by atoms with Crippen LogP contribution in [0, 0.1) is 0 Å². The highest BCUT2D eigenvalue weighted by Crippen LogP contribution is 2.26. The van der Waals surface area contributed by atoms with E-state index in [0.29, 0.717) is 0 Å². The van der Waals surface area contributed by atoms with Gasteiger partial charge in [-0.25, -0.2) is 0 Å². The summed E-state index contributed by atoms with van der Waals surface area (Å²) in [6.07, 6.45) is 4.22. The predicted octanol–water partition coefficient (Wildman–Crippen LogP) is 2.85. The van der Waals surface area contributed by atoms with Crippen molar-refractivity contribution in [3.8, 4) is 0 Å². The molecule has 0 aromatic carbocycles. The summed E-state index contributed by atoms with van der Waals surface area (Å²) < 4.78 is 10.3. The summed E-state index contributed by atoms with van der Waals surface area (Å²) in [7, 11) is -1.17. The second-order valence-electron chi connectivity index (χ2n) is 1.78. The van der Waals surface area contributed by atoms with E-state index < -0.39 is 7.00 Å². The quantitative estimate of drug-likeness (QED) is 0.371. The van der Waals surface area contributed by atoms with Crippen LogP contribution < -0.4 is 0 Å². The molecule has 0 aromatic heterocycles. The first-order chi connectivity index (χ1) is 3.77. The molecule has 0 saturated carbocycles. The van der Waals surface area contributed by atoms with E-state index in [1.54, 1.807) is 0 Å². The summed E-state index contributed by atoms with van der Waals surface area (Å²) in [5.74, 6) is 0. The number of hydrogen-bond donors (Lipinski definition) is 1. The first-order valence-corrected chi connectivity index (χ1v) is 5.50.